The monoisotopic (exact) mass is 341 g/mol. The van der Waals surface area contributed by atoms with Crippen molar-refractivity contribution in [3.05, 3.63) is 52.8 Å². The average molecular weight is 341 g/mol. The van der Waals surface area contributed by atoms with Crippen LogP contribution in [-0.4, -0.2) is 53.3 Å². The van der Waals surface area contributed by atoms with Gasteiger partial charge in [0.15, 0.2) is 0 Å². The van der Waals surface area contributed by atoms with E-state index in [0.717, 1.165) is 49.7 Å². The van der Waals surface area contributed by atoms with Crippen molar-refractivity contribution in [2.24, 2.45) is 0 Å². The van der Waals surface area contributed by atoms with Crippen LogP contribution in [0.2, 0.25) is 0 Å². The van der Waals surface area contributed by atoms with Gasteiger partial charge in [-0.3, -0.25) is 14.4 Å². The molecule has 2 heterocycles. The number of nitrogens with zero attached hydrogens (tertiary/aromatic N) is 3. The Labute approximate surface area is 149 Å². The SMILES string of the molecule is Cc1nn(Cc2ccccc2)c(C)c1CNC(=O)CN1CCNCC1. The fraction of sp³-hybridized carbons (Fsp3) is 0.474. The maximum Gasteiger partial charge on any atom is 0.234 e. The second-order valence-corrected chi connectivity index (χ2v) is 6.60. The highest BCUT2D eigenvalue weighted by Gasteiger charge is 2.16. The minimum atomic E-state index is 0.0801. The van der Waals surface area contributed by atoms with Crippen LogP contribution in [0.15, 0.2) is 30.3 Å². The van der Waals surface area contributed by atoms with E-state index in [2.05, 4.69) is 39.7 Å². The lowest BCUT2D eigenvalue weighted by Gasteiger charge is -2.26. The summed E-state index contributed by atoms with van der Waals surface area (Å²) in [6, 6.07) is 10.3. The van der Waals surface area contributed by atoms with Gasteiger partial charge in [0.05, 0.1) is 18.8 Å². The molecule has 25 heavy (non-hydrogen) atoms. The molecule has 1 aromatic carbocycles. The van der Waals surface area contributed by atoms with Crippen LogP contribution >= 0.6 is 0 Å². The summed E-state index contributed by atoms with van der Waals surface area (Å²) in [6.07, 6.45) is 0. The standard InChI is InChI=1S/C19H27N5O/c1-15-18(12-21-19(25)14-23-10-8-20-9-11-23)16(2)24(22-15)13-17-6-4-3-5-7-17/h3-7,20H,8-14H2,1-2H3,(H,21,25). The van der Waals surface area contributed by atoms with E-state index in [1.807, 2.05) is 29.8 Å². The lowest BCUT2D eigenvalue weighted by Crippen LogP contribution is -2.47. The van der Waals surface area contributed by atoms with Crippen molar-refractivity contribution in [2.45, 2.75) is 26.9 Å². The number of carbonyl (C=O) groups excluding carboxylic acids is 1. The topological polar surface area (TPSA) is 62.2 Å². The van der Waals surface area contributed by atoms with Crippen molar-refractivity contribution in [3.63, 3.8) is 0 Å². The van der Waals surface area contributed by atoms with E-state index >= 15 is 0 Å². The first-order chi connectivity index (χ1) is 12.1. The maximum atomic E-state index is 12.2. The van der Waals surface area contributed by atoms with Crippen molar-refractivity contribution in [1.29, 1.82) is 0 Å². The smallest absolute Gasteiger partial charge is 0.234 e. The molecule has 1 aromatic heterocycles. The summed E-state index contributed by atoms with van der Waals surface area (Å²) in [5.74, 6) is 0.0801. The Kier molecular flexibility index (Phi) is 5.83. The van der Waals surface area contributed by atoms with Crippen molar-refractivity contribution in [2.75, 3.05) is 32.7 Å². The van der Waals surface area contributed by atoms with Crippen LogP contribution in [0.5, 0.6) is 0 Å². The van der Waals surface area contributed by atoms with Gasteiger partial charge in [-0.25, -0.2) is 0 Å². The van der Waals surface area contributed by atoms with Crippen LogP contribution < -0.4 is 10.6 Å². The van der Waals surface area contributed by atoms with E-state index in [4.69, 9.17) is 0 Å². The second-order valence-electron chi connectivity index (χ2n) is 6.60. The fourth-order valence-electron chi connectivity index (χ4n) is 3.22. The van der Waals surface area contributed by atoms with Crippen LogP contribution in [0.4, 0.5) is 0 Å². The Balaban J connectivity index is 1.58. The highest BCUT2D eigenvalue weighted by Crippen LogP contribution is 2.14. The third-order valence-corrected chi connectivity index (χ3v) is 4.75. The van der Waals surface area contributed by atoms with Gasteiger partial charge in [-0.2, -0.15) is 5.10 Å². The molecule has 0 radical (unpaired) electrons. The van der Waals surface area contributed by atoms with Gasteiger partial charge in [-0.15, -0.1) is 0 Å². The van der Waals surface area contributed by atoms with Crippen LogP contribution in [0.3, 0.4) is 0 Å². The minimum absolute atomic E-state index is 0.0801. The molecule has 0 saturated carbocycles. The van der Waals surface area contributed by atoms with Crippen LogP contribution in [0, 0.1) is 13.8 Å². The number of amides is 1. The normalized spacial score (nSPS) is 15.3. The van der Waals surface area contributed by atoms with Crippen molar-refractivity contribution in [3.8, 4) is 0 Å². The Morgan fingerprint density at radius 3 is 2.64 bits per heavy atom. The number of hydrogen-bond acceptors (Lipinski definition) is 4. The number of carbonyl (C=O) groups is 1. The molecule has 2 aromatic rings. The molecule has 3 rings (SSSR count). The van der Waals surface area contributed by atoms with E-state index in [1.54, 1.807) is 0 Å². The lowest BCUT2D eigenvalue weighted by atomic mass is 10.2. The van der Waals surface area contributed by atoms with Gasteiger partial charge in [0.1, 0.15) is 0 Å². The summed E-state index contributed by atoms with van der Waals surface area (Å²) in [7, 11) is 0. The molecule has 1 saturated heterocycles. The number of aryl methyl sites for hydroxylation is 1. The summed E-state index contributed by atoms with van der Waals surface area (Å²) in [5.41, 5.74) is 4.44. The Bertz CT molecular complexity index is 704. The summed E-state index contributed by atoms with van der Waals surface area (Å²) >= 11 is 0. The van der Waals surface area contributed by atoms with Gasteiger partial charge in [0.2, 0.25) is 5.91 Å². The summed E-state index contributed by atoms with van der Waals surface area (Å²) in [5, 5.41) is 11.0. The van der Waals surface area contributed by atoms with Crippen molar-refractivity contribution in [1.82, 2.24) is 25.3 Å². The lowest BCUT2D eigenvalue weighted by molar-refractivity contribution is -0.122. The third kappa shape index (κ3) is 4.67. The molecule has 1 aliphatic heterocycles. The van der Waals surface area contributed by atoms with Gasteiger partial charge in [0.25, 0.3) is 0 Å². The predicted molar refractivity (Wildman–Crippen MR) is 98.4 cm³/mol. The molecular weight excluding hydrogens is 314 g/mol. The zero-order chi connectivity index (χ0) is 17.6. The highest BCUT2D eigenvalue weighted by atomic mass is 16.2. The molecule has 0 bridgehead atoms. The van der Waals surface area contributed by atoms with Crippen molar-refractivity contribution >= 4 is 5.91 Å². The molecule has 1 aliphatic rings. The molecule has 0 spiro atoms. The predicted octanol–water partition coefficient (Wildman–Crippen LogP) is 1.07. The summed E-state index contributed by atoms with van der Waals surface area (Å²) in [4.78, 5) is 14.4. The molecule has 2 N–H and O–H groups in total. The number of hydrogen-bond donors (Lipinski definition) is 2. The first-order valence-electron chi connectivity index (χ1n) is 8.90. The fourth-order valence-corrected chi connectivity index (χ4v) is 3.22. The maximum absolute atomic E-state index is 12.2. The van der Waals surface area contributed by atoms with Crippen LogP contribution in [0.1, 0.15) is 22.5 Å². The molecule has 0 atom stereocenters. The quantitative estimate of drug-likeness (QED) is 0.825. The highest BCUT2D eigenvalue weighted by molar-refractivity contribution is 5.78. The third-order valence-electron chi connectivity index (χ3n) is 4.75. The summed E-state index contributed by atoms with van der Waals surface area (Å²) < 4.78 is 2.02. The van der Waals surface area contributed by atoms with Gasteiger partial charge in [-0.05, 0) is 19.4 Å². The zero-order valence-electron chi connectivity index (χ0n) is 15.1. The van der Waals surface area contributed by atoms with E-state index in [0.29, 0.717) is 13.1 Å². The van der Waals surface area contributed by atoms with E-state index < -0.39 is 0 Å². The molecule has 6 nitrogen and oxygen atoms in total. The number of nitrogens with one attached hydrogen (secondary N) is 2. The van der Waals surface area contributed by atoms with Crippen molar-refractivity contribution < 1.29 is 4.79 Å². The van der Waals surface area contributed by atoms with Gasteiger partial charge in [0, 0.05) is 44.0 Å². The first-order valence-corrected chi connectivity index (χ1v) is 8.90. The van der Waals surface area contributed by atoms with E-state index in [-0.39, 0.29) is 5.91 Å². The van der Waals surface area contributed by atoms with Gasteiger partial charge < -0.3 is 10.6 Å². The zero-order valence-corrected chi connectivity index (χ0v) is 15.1. The minimum Gasteiger partial charge on any atom is -0.351 e. The van der Waals surface area contributed by atoms with E-state index in [9.17, 15) is 4.79 Å². The second kappa shape index (κ2) is 8.27. The number of benzene rings is 1. The molecule has 1 amide bonds. The molecule has 0 aliphatic carbocycles. The Hall–Kier alpha value is -2.18. The van der Waals surface area contributed by atoms with Crippen LogP contribution in [-0.2, 0) is 17.9 Å². The van der Waals surface area contributed by atoms with Gasteiger partial charge in [-0.1, -0.05) is 30.3 Å². The number of aromatic nitrogens is 2. The average Bonchev–Trinajstić information content (AvgIpc) is 2.88. The molecule has 134 valence electrons. The van der Waals surface area contributed by atoms with E-state index in [1.165, 1.54) is 5.56 Å². The molecule has 0 unspecified atom stereocenters. The van der Waals surface area contributed by atoms with Gasteiger partial charge >= 0.3 is 0 Å². The largest absolute Gasteiger partial charge is 0.351 e. The Morgan fingerprint density at radius 1 is 1.20 bits per heavy atom. The first kappa shape index (κ1) is 17.6. The Morgan fingerprint density at radius 2 is 1.92 bits per heavy atom. The number of rotatable bonds is 6. The summed E-state index contributed by atoms with van der Waals surface area (Å²) in [6.45, 7) is 9.61. The molecule has 6 heteroatoms. The molecule has 1 fully saturated rings. The molecular formula is C19H27N5O. The number of piperazine rings is 1. The van der Waals surface area contributed by atoms with Crippen LogP contribution in [0.25, 0.3) is 0 Å².